The normalized spacial score (nSPS) is 35.2. The zero-order valence-electron chi connectivity index (χ0n) is 21.6. The van der Waals surface area contributed by atoms with E-state index in [-0.39, 0.29) is 42.2 Å². The Kier molecular flexibility index (Phi) is 6.74. The maximum Gasteiger partial charge on any atom is 0.246 e. The molecule has 192 valence electrons. The van der Waals surface area contributed by atoms with Gasteiger partial charge >= 0.3 is 0 Å². The third kappa shape index (κ3) is 3.85. The lowest BCUT2D eigenvalue weighted by Crippen LogP contribution is -2.60. The summed E-state index contributed by atoms with van der Waals surface area (Å²) < 4.78 is 6.71. The number of nitrogens with zero attached hydrogens (tertiary/aromatic N) is 1. The average molecular weight is 486 g/mol. The number of aliphatic hydroxyl groups is 1. The Morgan fingerprint density at radius 2 is 1.86 bits per heavy atom. The molecular weight excluding hydrogens is 446 g/mol. The van der Waals surface area contributed by atoms with Gasteiger partial charge < -0.3 is 25.4 Å². The molecule has 3 N–H and O–H groups in total. The molecule has 3 saturated heterocycles. The molecule has 3 aliphatic rings. The minimum absolute atomic E-state index is 0.0321. The van der Waals surface area contributed by atoms with Crippen LogP contribution in [0.1, 0.15) is 54.4 Å². The van der Waals surface area contributed by atoms with Gasteiger partial charge in [0.1, 0.15) is 11.6 Å². The van der Waals surface area contributed by atoms with Crippen LogP contribution in [0.5, 0.6) is 0 Å². The fraction of sp³-hybridized carbons (Fsp3) is 0.667. The van der Waals surface area contributed by atoms with E-state index in [1.54, 1.807) is 17.0 Å². The van der Waals surface area contributed by atoms with Crippen LogP contribution in [-0.4, -0.2) is 63.7 Å². The van der Waals surface area contributed by atoms with Crippen LogP contribution in [0, 0.1) is 23.7 Å². The Labute approximate surface area is 207 Å². The summed E-state index contributed by atoms with van der Waals surface area (Å²) in [4.78, 5) is 43.1. The molecule has 3 aliphatic heterocycles. The SMILES string of the molecule is CC[C@H](C)[C@H](CO)N1C(=O)[C@@H]2[C@H](C(=O)Nc3ccccc3)[C@@]3(C)OC2(CC3C)C1C(=O)NC(C)C. The van der Waals surface area contributed by atoms with E-state index in [9.17, 15) is 19.5 Å². The lowest BCUT2D eigenvalue weighted by atomic mass is 9.62. The van der Waals surface area contributed by atoms with Crippen LogP contribution in [-0.2, 0) is 19.1 Å². The number of aliphatic hydroxyl groups excluding tert-OH is 1. The Balaban J connectivity index is 1.80. The number of nitrogens with one attached hydrogen (secondary N) is 2. The van der Waals surface area contributed by atoms with Gasteiger partial charge in [-0.05, 0) is 51.2 Å². The first-order chi connectivity index (χ1) is 16.5. The number of carbonyl (C=O) groups is 3. The number of rotatable bonds is 8. The smallest absolute Gasteiger partial charge is 0.246 e. The molecule has 3 heterocycles. The van der Waals surface area contributed by atoms with Crippen molar-refractivity contribution in [3.05, 3.63) is 30.3 Å². The largest absolute Gasteiger partial charge is 0.394 e. The lowest BCUT2D eigenvalue weighted by Gasteiger charge is -2.39. The summed E-state index contributed by atoms with van der Waals surface area (Å²) in [5.74, 6) is -2.48. The van der Waals surface area contributed by atoms with Crippen LogP contribution in [0.2, 0.25) is 0 Å². The van der Waals surface area contributed by atoms with Crippen LogP contribution >= 0.6 is 0 Å². The number of hydrogen-bond donors (Lipinski definition) is 3. The summed E-state index contributed by atoms with van der Waals surface area (Å²) in [6.45, 7) is 11.4. The van der Waals surface area contributed by atoms with Crippen molar-refractivity contribution in [1.29, 1.82) is 0 Å². The number of carbonyl (C=O) groups excluding carboxylic acids is 3. The summed E-state index contributed by atoms with van der Waals surface area (Å²) >= 11 is 0. The fourth-order valence-electron chi connectivity index (χ4n) is 6.65. The molecule has 3 amide bonds. The van der Waals surface area contributed by atoms with E-state index in [4.69, 9.17) is 4.74 Å². The van der Waals surface area contributed by atoms with Crippen molar-refractivity contribution >= 4 is 23.4 Å². The van der Waals surface area contributed by atoms with E-state index in [2.05, 4.69) is 10.6 Å². The number of fused-ring (bicyclic) bond motifs is 1. The highest BCUT2D eigenvalue weighted by atomic mass is 16.5. The monoisotopic (exact) mass is 485 g/mol. The first kappa shape index (κ1) is 25.6. The molecule has 1 aromatic rings. The lowest BCUT2D eigenvalue weighted by molar-refractivity contribution is -0.151. The van der Waals surface area contributed by atoms with E-state index in [1.165, 1.54) is 0 Å². The quantitative estimate of drug-likeness (QED) is 0.525. The zero-order valence-corrected chi connectivity index (χ0v) is 21.6. The minimum Gasteiger partial charge on any atom is -0.394 e. The van der Waals surface area contributed by atoms with Crippen molar-refractivity contribution in [3.8, 4) is 0 Å². The first-order valence-electron chi connectivity index (χ1n) is 12.8. The van der Waals surface area contributed by atoms with Crippen LogP contribution in [0.4, 0.5) is 5.69 Å². The number of likely N-dealkylation sites (tertiary alicyclic amines) is 1. The molecule has 4 rings (SSSR count). The number of amides is 3. The second-order valence-electron chi connectivity index (χ2n) is 11.1. The van der Waals surface area contributed by atoms with Gasteiger partial charge in [0.15, 0.2) is 0 Å². The second-order valence-corrected chi connectivity index (χ2v) is 11.1. The Morgan fingerprint density at radius 3 is 2.43 bits per heavy atom. The van der Waals surface area contributed by atoms with Gasteiger partial charge in [0.2, 0.25) is 17.7 Å². The molecule has 8 heteroatoms. The van der Waals surface area contributed by atoms with Gasteiger partial charge in [-0.2, -0.15) is 0 Å². The van der Waals surface area contributed by atoms with Gasteiger partial charge in [-0.15, -0.1) is 0 Å². The Hall–Kier alpha value is -2.45. The number of ether oxygens (including phenoxy) is 1. The van der Waals surface area contributed by atoms with Crippen molar-refractivity contribution < 1.29 is 24.2 Å². The van der Waals surface area contributed by atoms with Crippen LogP contribution in [0.3, 0.4) is 0 Å². The fourth-order valence-corrected chi connectivity index (χ4v) is 6.65. The van der Waals surface area contributed by atoms with Crippen molar-refractivity contribution in [2.24, 2.45) is 23.7 Å². The molecule has 1 spiro atoms. The van der Waals surface area contributed by atoms with Gasteiger partial charge in [-0.1, -0.05) is 45.4 Å². The molecule has 1 aromatic carbocycles. The Bertz CT molecular complexity index is 984. The van der Waals surface area contributed by atoms with E-state index < -0.39 is 35.1 Å². The van der Waals surface area contributed by atoms with Gasteiger partial charge in [0, 0.05) is 11.7 Å². The van der Waals surface area contributed by atoms with Crippen molar-refractivity contribution in [2.75, 3.05) is 11.9 Å². The van der Waals surface area contributed by atoms with Crippen LogP contribution in [0.15, 0.2) is 30.3 Å². The van der Waals surface area contributed by atoms with Gasteiger partial charge in [0.25, 0.3) is 0 Å². The van der Waals surface area contributed by atoms with Gasteiger partial charge in [0.05, 0.1) is 30.1 Å². The molecule has 3 fully saturated rings. The summed E-state index contributed by atoms with van der Waals surface area (Å²) in [7, 11) is 0. The maximum atomic E-state index is 14.2. The molecule has 0 radical (unpaired) electrons. The number of hydrogen-bond acceptors (Lipinski definition) is 5. The van der Waals surface area contributed by atoms with E-state index >= 15 is 0 Å². The molecule has 0 aromatic heterocycles. The first-order valence-corrected chi connectivity index (χ1v) is 12.8. The predicted molar refractivity (Wildman–Crippen MR) is 132 cm³/mol. The topological polar surface area (TPSA) is 108 Å². The predicted octanol–water partition coefficient (Wildman–Crippen LogP) is 2.57. The molecular formula is C27H39N3O5. The minimum atomic E-state index is -1.12. The summed E-state index contributed by atoms with van der Waals surface area (Å²) in [5, 5.41) is 16.3. The highest BCUT2D eigenvalue weighted by Gasteiger charge is 2.80. The zero-order chi connectivity index (χ0) is 25.7. The summed E-state index contributed by atoms with van der Waals surface area (Å²) in [6, 6.07) is 7.58. The number of para-hydroxylation sites is 1. The maximum absolute atomic E-state index is 14.2. The third-order valence-corrected chi connectivity index (χ3v) is 8.60. The highest BCUT2D eigenvalue weighted by molar-refractivity contribution is 6.02. The van der Waals surface area contributed by atoms with Gasteiger partial charge in [-0.3, -0.25) is 14.4 Å². The molecule has 35 heavy (non-hydrogen) atoms. The van der Waals surface area contributed by atoms with Crippen molar-refractivity contribution in [3.63, 3.8) is 0 Å². The molecule has 2 bridgehead atoms. The number of anilines is 1. The van der Waals surface area contributed by atoms with E-state index in [1.807, 2.05) is 59.7 Å². The number of benzene rings is 1. The molecule has 8 atom stereocenters. The standard InChI is InChI=1S/C27H39N3O5/c1-7-16(4)19(14-31)30-22(24(33)28-15(2)3)27-13-17(5)26(6,35-27)20(21(27)25(30)34)23(32)29-18-11-9-8-10-12-18/h8-12,15-17,19-22,31H,7,13-14H2,1-6H3,(H,28,33)(H,29,32)/t16-,17?,19-,20+,21-,22?,26-,27?/m0/s1. The van der Waals surface area contributed by atoms with Crippen LogP contribution < -0.4 is 10.6 Å². The van der Waals surface area contributed by atoms with Crippen molar-refractivity contribution in [1.82, 2.24) is 10.2 Å². The molecule has 8 nitrogen and oxygen atoms in total. The summed E-state index contributed by atoms with van der Waals surface area (Å²) in [6.07, 6.45) is 1.23. The van der Waals surface area contributed by atoms with E-state index in [0.29, 0.717) is 12.1 Å². The average Bonchev–Trinajstić information content (AvgIpc) is 3.31. The highest BCUT2D eigenvalue weighted by Crippen LogP contribution is 2.65. The van der Waals surface area contributed by atoms with E-state index in [0.717, 1.165) is 6.42 Å². The van der Waals surface area contributed by atoms with Gasteiger partial charge in [-0.25, -0.2) is 0 Å². The second kappa shape index (κ2) is 9.21. The molecule has 0 saturated carbocycles. The third-order valence-electron chi connectivity index (χ3n) is 8.60. The molecule has 0 aliphatic carbocycles. The van der Waals surface area contributed by atoms with Crippen molar-refractivity contribution in [2.45, 2.75) is 83.7 Å². The summed E-state index contributed by atoms with van der Waals surface area (Å²) in [5.41, 5.74) is -1.36. The molecule has 3 unspecified atom stereocenters. The van der Waals surface area contributed by atoms with Crippen LogP contribution in [0.25, 0.3) is 0 Å². The Morgan fingerprint density at radius 1 is 1.20 bits per heavy atom.